The van der Waals surface area contributed by atoms with E-state index in [1.165, 1.54) is 54.8 Å². The molecule has 4 nitrogen and oxygen atoms in total. The largest absolute Gasteiger partial charge is 3.00 e. The summed E-state index contributed by atoms with van der Waals surface area (Å²) in [6.45, 7) is 8.33. The van der Waals surface area contributed by atoms with Gasteiger partial charge in [-0.2, -0.15) is 18.8 Å². The molecule has 0 atom stereocenters. The fraction of sp³-hybridized carbons (Fsp3) is 0.111. The zero-order chi connectivity index (χ0) is 27.4. The number of anilines is 1. The molecular formula is C36H29IrN4. The maximum atomic E-state index is 4.41. The minimum Gasteiger partial charge on any atom is -0.510 e. The van der Waals surface area contributed by atoms with Crippen LogP contribution in [0.5, 0.6) is 0 Å². The van der Waals surface area contributed by atoms with Crippen molar-refractivity contribution in [3.05, 3.63) is 133 Å². The molecule has 1 aliphatic rings. The Morgan fingerprint density at radius 3 is 2.17 bits per heavy atom. The van der Waals surface area contributed by atoms with Crippen molar-refractivity contribution >= 4 is 43.8 Å². The molecule has 0 bridgehead atoms. The van der Waals surface area contributed by atoms with Gasteiger partial charge in [-0.05, 0) is 73.0 Å². The van der Waals surface area contributed by atoms with Gasteiger partial charge in [-0.15, -0.1) is 40.8 Å². The molecule has 3 aromatic heterocycles. The van der Waals surface area contributed by atoms with E-state index in [1.54, 1.807) is 0 Å². The summed E-state index contributed by atoms with van der Waals surface area (Å²) in [5.74, 6) is 0. The van der Waals surface area contributed by atoms with Crippen molar-refractivity contribution in [3.63, 3.8) is 0 Å². The zero-order valence-corrected chi connectivity index (χ0v) is 25.8. The SMILES string of the molecule is CN1C=CN(c2[c-]cc3c4ccccc4n4c5ccccc5c2c34)[CH-]1.Cc1c[c-]c(-c2cc(C)c(C)cn2)cc1.[Ir+3]. The molecule has 5 heteroatoms. The first-order chi connectivity index (χ1) is 19.5. The van der Waals surface area contributed by atoms with Gasteiger partial charge in [0.1, 0.15) is 0 Å². The van der Waals surface area contributed by atoms with Crippen molar-refractivity contribution in [2.45, 2.75) is 20.8 Å². The molecule has 0 amide bonds. The minimum absolute atomic E-state index is 0. The van der Waals surface area contributed by atoms with E-state index >= 15 is 0 Å². The van der Waals surface area contributed by atoms with Crippen LogP contribution in [0, 0.1) is 39.6 Å². The first kappa shape index (κ1) is 27.0. The van der Waals surface area contributed by atoms with E-state index in [9.17, 15) is 0 Å². The number of para-hydroxylation sites is 2. The van der Waals surface area contributed by atoms with Crippen LogP contribution in [0.3, 0.4) is 0 Å². The first-order valence-electron chi connectivity index (χ1n) is 13.5. The Morgan fingerprint density at radius 2 is 1.49 bits per heavy atom. The predicted molar refractivity (Wildman–Crippen MR) is 166 cm³/mol. The van der Waals surface area contributed by atoms with E-state index in [-0.39, 0.29) is 20.1 Å². The second kappa shape index (κ2) is 10.7. The Morgan fingerprint density at radius 1 is 0.756 bits per heavy atom. The number of fused-ring (bicyclic) bond motifs is 6. The van der Waals surface area contributed by atoms with Crippen molar-refractivity contribution in [2.75, 3.05) is 11.9 Å². The fourth-order valence-electron chi connectivity index (χ4n) is 5.59. The maximum Gasteiger partial charge on any atom is 3.00 e. The number of benzene rings is 4. The number of aromatic nitrogens is 2. The Bertz CT molecular complexity index is 2040. The van der Waals surface area contributed by atoms with Crippen LogP contribution in [0.2, 0.25) is 0 Å². The van der Waals surface area contributed by atoms with E-state index in [1.807, 2.05) is 19.3 Å². The summed E-state index contributed by atoms with van der Waals surface area (Å²) in [6.07, 6.45) is 6.06. The fourth-order valence-corrected chi connectivity index (χ4v) is 5.59. The Kier molecular flexibility index (Phi) is 7.02. The molecule has 4 aromatic carbocycles. The van der Waals surface area contributed by atoms with Crippen molar-refractivity contribution in [3.8, 4) is 11.3 Å². The van der Waals surface area contributed by atoms with Crippen LogP contribution >= 0.6 is 0 Å². The van der Waals surface area contributed by atoms with Crippen LogP contribution in [-0.4, -0.2) is 21.3 Å². The van der Waals surface area contributed by atoms with Gasteiger partial charge in [-0.3, -0.25) is 0 Å². The molecule has 7 aromatic rings. The molecule has 0 saturated heterocycles. The van der Waals surface area contributed by atoms with Gasteiger partial charge in [0.25, 0.3) is 0 Å². The van der Waals surface area contributed by atoms with E-state index in [4.69, 9.17) is 0 Å². The molecule has 0 aliphatic carbocycles. The van der Waals surface area contributed by atoms with Crippen LogP contribution in [-0.2, 0) is 20.1 Å². The summed E-state index contributed by atoms with van der Waals surface area (Å²) >= 11 is 0. The quantitative estimate of drug-likeness (QED) is 0.169. The third-order valence-corrected chi connectivity index (χ3v) is 7.80. The summed E-state index contributed by atoms with van der Waals surface area (Å²) in [5, 5.41) is 5.09. The number of aryl methyl sites for hydroxylation is 3. The number of pyridine rings is 1. The van der Waals surface area contributed by atoms with Crippen LogP contribution in [0.4, 0.5) is 5.69 Å². The molecule has 0 spiro atoms. The van der Waals surface area contributed by atoms with E-state index in [0.717, 1.165) is 16.9 Å². The molecular weight excluding hydrogens is 681 g/mol. The monoisotopic (exact) mass is 710 g/mol. The van der Waals surface area contributed by atoms with Gasteiger partial charge in [0.15, 0.2) is 0 Å². The van der Waals surface area contributed by atoms with Crippen molar-refractivity contribution < 1.29 is 20.1 Å². The number of nitrogens with zero attached hydrogens (tertiary/aromatic N) is 4. The summed E-state index contributed by atoms with van der Waals surface area (Å²) in [4.78, 5) is 8.62. The van der Waals surface area contributed by atoms with Gasteiger partial charge in [0, 0.05) is 17.2 Å². The van der Waals surface area contributed by atoms with Crippen molar-refractivity contribution in [1.82, 2.24) is 14.3 Å². The molecule has 41 heavy (non-hydrogen) atoms. The normalized spacial score (nSPS) is 12.9. The third kappa shape index (κ3) is 4.56. The Hall–Kier alpha value is -4.18. The first-order valence-corrected chi connectivity index (χ1v) is 13.5. The van der Waals surface area contributed by atoms with Gasteiger partial charge >= 0.3 is 20.1 Å². The third-order valence-electron chi connectivity index (χ3n) is 7.80. The smallest absolute Gasteiger partial charge is 0.510 e. The Balaban J connectivity index is 0.000000164. The second-order valence-electron chi connectivity index (χ2n) is 10.6. The Labute approximate surface area is 254 Å². The minimum atomic E-state index is 0. The second-order valence-corrected chi connectivity index (χ2v) is 10.6. The summed E-state index contributed by atoms with van der Waals surface area (Å²) < 4.78 is 2.40. The molecule has 0 saturated carbocycles. The maximum absolute atomic E-state index is 4.41. The molecule has 0 fully saturated rings. The number of rotatable bonds is 2. The summed E-state index contributed by atoms with van der Waals surface area (Å²) in [6, 6.07) is 34.5. The molecule has 8 rings (SSSR count). The predicted octanol–water partition coefficient (Wildman–Crippen LogP) is 8.45. The molecule has 1 aliphatic heterocycles. The van der Waals surface area contributed by atoms with Gasteiger partial charge in [0.05, 0.1) is 0 Å². The topological polar surface area (TPSA) is 23.8 Å². The van der Waals surface area contributed by atoms with Crippen LogP contribution in [0.15, 0.2) is 97.5 Å². The molecule has 4 heterocycles. The molecule has 0 N–H and O–H groups in total. The van der Waals surface area contributed by atoms with Gasteiger partial charge < -0.3 is 19.2 Å². The molecule has 202 valence electrons. The summed E-state index contributed by atoms with van der Waals surface area (Å²) in [5.41, 5.74) is 10.7. The average Bonchev–Trinajstić information content (AvgIpc) is 3.66. The standard InChI is InChI=1S/C22H15N3.C14H14N.Ir/c1-23-12-13-24(14-23)20-11-10-16-15-6-2-4-8-18(15)25-19-9-5-3-7-17(19)21(20)22(16)25;1-10-4-6-13(7-5-10)14-8-11(2)12(3)9-15-14;/h2-10,12-14H,1H3;4-6,8-9H,1-3H3;/q-2;-1;+3. The molecule has 0 unspecified atom stereocenters. The van der Waals surface area contributed by atoms with E-state index < -0.39 is 0 Å². The summed E-state index contributed by atoms with van der Waals surface area (Å²) in [7, 11) is 2.04. The average molecular weight is 710 g/mol. The van der Waals surface area contributed by atoms with Gasteiger partial charge in [0.2, 0.25) is 0 Å². The van der Waals surface area contributed by atoms with Crippen LogP contribution in [0.25, 0.3) is 49.4 Å². The van der Waals surface area contributed by atoms with Crippen molar-refractivity contribution in [2.24, 2.45) is 0 Å². The van der Waals surface area contributed by atoms with E-state index in [0.29, 0.717) is 0 Å². The van der Waals surface area contributed by atoms with Gasteiger partial charge in [-0.25, -0.2) is 0 Å². The number of hydrogen-bond donors (Lipinski definition) is 0. The van der Waals surface area contributed by atoms with Gasteiger partial charge in [-0.1, -0.05) is 66.0 Å². The zero-order valence-electron chi connectivity index (χ0n) is 23.4. The van der Waals surface area contributed by atoms with Crippen LogP contribution in [0.1, 0.15) is 16.7 Å². The molecule has 0 radical (unpaired) electrons. The number of hydrogen-bond acceptors (Lipinski definition) is 3. The van der Waals surface area contributed by atoms with Crippen LogP contribution < -0.4 is 4.90 Å². The van der Waals surface area contributed by atoms with Crippen molar-refractivity contribution in [1.29, 1.82) is 0 Å². The van der Waals surface area contributed by atoms with E-state index in [2.05, 4.69) is 144 Å².